The van der Waals surface area contributed by atoms with Crippen LogP contribution < -0.4 is 0 Å². The topological polar surface area (TPSA) is 62.7 Å². The average Bonchev–Trinajstić information content (AvgIpc) is 2.44. The van der Waals surface area contributed by atoms with Gasteiger partial charge in [0.25, 0.3) is 0 Å². The van der Waals surface area contributed by atoms with E-state index >= 15 is 0 Å². The number of aliphatic hydroxyl groups excluding tert-OH is 1. The number of aromatic nitrogens is 1. The number of hydrogen-bond acceptors (Lipinski definition) is 4. The summed E-state index contributed by atoms with van der Waals surface area (Å²) in [5.74, 6) is 0.324. The second kappa shape index (κ2) is 6.70. The first-order valence-corrected chi connectivity index (χ1v) is 7.05. The quantitative estimate of drug-likeness (QED) is 0.919. The highest BCUT2D eigenvalue weighted by Gasteiger charge is 2.23. The van der Waals surface area contributed by atoms with Gasteiger partial charge in [-0.05, 0) is 50.3 Å². The molecular weight excluding hydrogens is 256 g/mol. The molecule has 110 valence electrons. The lowest BCUT2D eigenvalue weighted by Gasteiger charge is -2.30. The van der Waals surface area contributed by atoms with Crippen LogP contribution in [0.3, 0.4) is 0 Å². The number of ether oxygens (including phenoxy) is 1. The van der Waals surface area contributed by atoms with Gasteiger partial charge in [0, 0.05) is 31.1 Å². The van der Waals surface area contributed by atoms with E-state index in [1.165, 1.54) is 0 Å². The summed E-state index contributed by atoms with van der Waals surface area (Å²) in [6.07, 6.45) is 1.42. The second-order valence-electron chi connectivity index (χ2n) is 5.43. The van der Waals surface area contributed by atoms with Crippen LogP contribution >= 0.6 is 0 Å². The molecule has 0 radical (unpaired) electrons. The Morgan fingerprint density at radius 1 is 1.35 bits per heavy atom. The van der Waals surface area contributed by atoms with Crippen LogP contribution in [0.1, 0.15) is 29.8 Å². The van der Waals surface area contributed by atoms with Gasteiger partial charge in [0.05, 0.1) is 0 Å². The minimum absolute atomic E-state index is 0.207. The summed E-state index contributed by atoms with van der Waals surface area (Å²) in [5.41, 5.74) is 2.83. The van der Waals surface area contributed by atoms with E-state index in [-0.39, 0.29) is 19.3 Å². The standard InChI is InChI=1S/C15H22N2O3/c1-11-7-14(8-12(2)16-11)10-20-15(19)17-5-3-13(9-18)4-6-17/h7-8,13,18H,3-6,9-10H2,1-2H3. The van der Waals surface area contributed by atoms with Crippen LogP contribution in [-0.2, 0) is 11.3 Å². The molecule has 2 rings (SSSR count). The van der Waals surface area contributed by atoms with Gasteiger partial charge in [-0.1, -0.05) is 0 Å². The molecule has 5 nitrogen and oxygen atoms in total. The Morgan fingerprint density at radius 2 is 1.95 bits per heavy atom. The number of likely N-dealkylation sites (tertiary alicyclic amines) is 1. The Labute approximate surface area is 119 Å². The molecule has 1 N–H and O–H groups in total. The zero-order chi connectivity index (χ0) is 14.5. The molecule has 2 heterocycles. The number of carbonyl (C=O) groups excluding carboxylic acids is 1. The monoisotopic (exact) mass is 278 g/mol. The summed E-state index contributed by atoms with van der Waals surface area (Å²) in [7, 11) is 0. The van der Waals surface area contributed by atoms with Gasteiger partial charge in [-0.3, -0.25) is 4.98 Å². The molecule has 1 aliphatic rings. The first-order chi connectivity index (χ1) is 9.58. The number of carbonyl (C=O) groups is 1. The van der Waals surface area contributed by atoms with Crippen molar-refractivity contribution < 1.29 is 14.6 Å². The largest absolute Gasteiger partial charge is 0.445 e. The van der Waals surface area contributed by atoms with Gasteiger partial charge in [0.15, 0.2) is 0 Å². The Balaban J connectivity index is 1.83. The summed E-state index contributed by atoms with van der Waals surface area (Å²) in [6.45, 7) is 5.67. The van der Waals surface area contributed by atoms with Crippen molar-refractivity contribution in [2.24, 2.45) is 5.92 Å². The number of aryl methyl sites for hydroxylation is 2. The first kappa shape index (κ1) is 14.8. The molecule has 1 amide bonds. The summed E-state index contributed by atoms with van der Waals surface area (Å²) < 4.78 is 5.34. The first-order valence-electron chi connectivity index (χ1n) is 7.05. The fourth-order valence-electron chi connectivity index (χ4n) is 2.54. The van der Waals surface area contributed by atoms with Crippen molar-refractivity contribution in [1.29, 1.82) is 0 Å². The van der Waals surface area contributed by atoms with Crippen molar-refractivity contribution in [2.75, 3.05) is 19.7 Å². The molecule has 20 heavy (non-hydrogen) atoms. The zero-order valence-electron chi connectivity index (χ0n) is 12.1. The molecule has 0 aromatic carbocycles. The third-order valence-corrected chi connectivity index (χ3v) is 3.63. The summed E-state index contributed by atoms with van der Waals surface area (Å²) in [6, 6.07) is 3.86. The SMILES string of the molecule is Cc1cc(COC(=O)N2CCC(CO)CC2)cc(C)n1. The fraction of sp³-hybridized carbons (Fsp3) is 0.600. The molecule has 0 bridgehead atoms. The normalized spacial score (nSPS) is 16.2. The van der Waals surface area contributed by atoms with Crippen LogP contribution in [0.15, 0.2) is 12.1 Å². The maximum Gasteiger partial charge on any atom is 0.410 e. The Hall–Kier alpha value is -1.62. The third-order valence-electron chi connectivity index (χ3n) is 3.63. The molecule has 1 aromatic heterocycles. The minimum Gasteiger partial charge on any atom is -0.445 e. The van der Waals surface area contributed by atoms with Gasteiger partial charge < -0.3 is 14.7 Å². The summed E-state index contributed by atoms with van der Waals surface area (Å²) in [4.78, 5) is 18.0. The van der Waals surface area contributed by atoms with E-state index in [0.717, 1.165) is 29.8 Å². The van der Waals surface area contributed by atoms with Crippen LogP contribution in [0.5, 0.6) is 0 Å². The molecule has 0 atom stereocenters. The number of rotatable bonds is 3. The van der Waals surface area contributed by atoms with E-state index < -0.39 is 0 Å². The smallest absolute Gasteiger partial charge is 0.410 e. The van der Waals surface area contributed by atoms with Gasteiger partial charge in [0.1, 0.15) is 6.61 Å². The van der Waals surface area contributed by atoms with E-state index in [2.05, 4.69) is 4.98 Å². The van der Waals surface area contributed by atoms with Crippen molar-refractivity contribution >= 4 is 6.09 Å². The fourth-order valence-corrected chi connectivity index (χ4v) is 2.54. The summed E-state index contributed by atoms with van der Waals surface area (Å²) >= 11 is 0. The van der Waals surface area contributed by atoms with Crippen molar-refractivity contribution in [3.63, 3.8) is 0 Å². The van der Waals surface area contributed by atoms with Crippen LogP contribution in [0.25, 0.3) is 0 Å². The molecule has 0 spiro atoms. The van der Waals surface area contributed by atoms with E-state index in [0.29, 0.717) is 19.0 Å². The number of nitrogens with zero attached hydrogens (tertiary/aromatic N) is 2. The Bertz CT molecular complexity index is 448. The van der Waals surface area contributed by atoms with Gasteiger partial charge in [0.2, 0.25) is 0 Å². The van der Waals surface area contributed by atoms with Crippen LogP contribution in [0, 0.1) is 19.8 Å². The predicted octanol–water partition coefficient (Wildman–Crippen LogP) is 2.04. The maximum atomic E-state index is 12.0. The van der Waals surface area contributed by atoms with Crippen LogP contribution in [0.4, 0.5) is 4.79 Å². The highest BCUT2D eigenvalue weighted by Crippen LogP contribution is 2.17. The number of amides is 1. The molecule has 0 saturated carbocycles. The number of aliphatic hydroxyl groups is 1. The highest BCUT2D eigenvalue weighted by molar-refractivity contribution is 5.67. The molecule has 5 heteroatoms. The predicted molar refractivity (Wildman–Crippen MR) is 75.3 cm³/mol. The van der Waals surface area contributed by atoms with Gasteiger partial charge >= 0.3 is 6.09 Å². The number of piperidine rings is 1. The van der Waals surface area contributed by atoms with E-state index in [9.17, 15) is 4.79 Å². The van der Waals surface area contributed by atoms with Crippen molar-refractivity contribution in [1.82, 2.24) is 9.88 Å². The van der Waals surface area contributed by atoms with E-state index in [1.54, 1.807) is 4.90 Å². The zero-order valence-corrected chi connectivity index (χ0v) is 12.1. The lowest BCUT2D eigenvalue weighted by Crippen LogP contribution is -2.39. The molecule has 1 aliphatic heterocycles. The molecular formula is C15H22N2O3. The number of pyridine rings is 1. The number of hydrogen-bond donors (Lipinski definition) is 1. The van der Waals surface area contributed by atoms with Gasteiger partial charge in [-0.2, -0.15) is 0 Å². The van der Waals surface area contributed by atoms with Gasteiger partial charge in [-0.15, -0.1) is 0 Å². The minimum atomic E-state index is -0.270. The van der Waals surface area contributed by atoms with Crippen molar-refractivity contribution in [2.45, 2.75) is 33.3 Å². The van der Waals surface area contributed by atoms with Crippen molar-refractivity contribution in [3.8, 4) is 0 Å². The van der Waals surface area contributed by atoms with E-state index in [4.69, 9.17) is 9.84 Å². The van der Waals surface area contributed by atoms with Gasteiger partial charge in [-0.25, -0.2) is 4.79 Å². The average molecular weight is 278 g/mol. The lowest BCUT2D eigenvalue weighted by molar-refractivity contribution is 0.0740. The molecule has 1 aromatic rings. The second-order valence-corrected chi connectivity index (χ2v) is 5.43. The Morgan fingerprint density at radius 3 is 2.50 bits per heavy atom. The molecule has 1 fully saturated rings. The van der Waals surface area contributed by atoms with Crippen molar-refractivity contribution in [3.05, 3.63) is 29.1 Å². The third kappa shape index (κ3) is 3.93. The molecule has 0 aliphatic carbocycles. The van der Waals surface area contributed by atoms with E-state index in [1.807, 2.05) is 26.0 Å². The highest BCUT2D eigenvalue weighted by atomic mass is 16.6. The maximum absolute atomic E-state index is 12.0. The lowest BCUT2D eigenvalue weighted by atomic mass is 9.98. The molecule has 0 unspecified atom stereocenters. The van der Waals surface area contributed by atoms with Crippen LogP contribution in [0.2, 0.25) is 0 Å². The van der Waals surface area contributed by atoms with Crippen LogP contribution in [-0.4, -0.2) is 40.8 Å². The summed E-state index contributed by atoms with van der Waals surface area (Å²) in [5, 5.41) is 9.08. The molecule has 1 saturated heterocycles. The Kier molecular flexibility index (Phi) is 4.95.